The molecule has 1 N–H and O–H groups in total. The molecular weight excluding hydrogens is 321 g/mol. The third-order valence-electron chi connectivity index (χ3n) is 3.51. The van der Waals surface area contributed by atoms with E-state index in [0.29, 0.717) is 24.4 Å². The van der Waals surface area contributed by atoms with E-state index in [1.54, 1.807) is 4.52 Å². The molecule has 0 saturated heterocycles. The lowest BCUT2D eigenvalue weighted by molar-refractivity contribution is -0.137. The topological polar surface area (TPSA) is 68.0 Å². The first-order chi connectivity index (χ1) is 11.5. The SMILES string of the molecule is CCc1cc(NCCc2ccc(C(F)(F)F)cn2)n2ncnc2n1. The minimum atomic E-state index is -4.37. The monoisotopic (exact) mass is 336 g/mol. The molecule has 0 spiro atoms. The molecule has 3 aromatic heterocycles. The Morgan fingerprint density at radius 3 is 2.67 bits per heavy atom. The van der Waals surface area contributed by atoms with Crippen LogP contribution in [0.4, 0.5) is 19.0 Å². The average molecular weight is 336 g/mol. The normalized spacial score (nSPS) is 11.8. The van der Waals surface area contributed by atoms with E-state index in [-0.39, 0.29) is 0 Å². The molecule has 0 aliphatic carbocycles. The van der Waals surface area contributed by atoms with Crippen LogP contribution in [0.15, 0.2) is 30.7 Å². The van der Waals surface area contributed by atoms with Gasteiger partial charge < -0.3 is 5.32 Å². The molecule has 126 valence electrons. The Kier molecular flexibility index (Phi) is 4.32. The van der Waals surface area contributed by atoms with Crippen molar-refractivity contribution in [3.63, 3.8) is 0 Å². The summed E-state index contributed by atoms with van der Waals surface area (Å²) in [6, 6.07) is 4.31. The van der Waals surface area contributed by atoms with E-state index in [2.05, 4.69) is 25.4 Å². The number of nitrogens with one attached hydrogen (secondary N) is 1. The van der Waals surface area contributed by atoms with E-state index in [1.807, 2.05) is 13.0 Å². The van der Waals surface area contributed by atoms with E-state index in [0.717, 1.165) is 30.2 Å². The molecule has 0 aliphatic heterocycles. The molecule has 0 aliphatic rings. The minimum absolute atomic E-state index is 0.484. The van der Waals surface area contributed by atoms with Gasteiger partial charge >= 0.3 is 6.18 Å². The van der Waals surface area contributed by atoms with Crippen LogP contribution in [-0.4, -0.2) is 31.1 Å². The fourth-order valence-corrected chi connectivity index (χ4v) is 2.23. The fraction of sp³-hybridized carbons (Fsp3) is 0.333. The van der Waals surface area contributed by atoms with Gasteiger partial charge in [0.05, 0.1) is 5.56 Å². The van der Waals surface area contributed by atoms with Crippen molar-refractivity contribution in [1.82, 2.24) is 24.6 Å². The van der Waals surface area contributed by atoms with Crippen molar-refractivity contribution >= 4 is 11.6 Å². The highest BCUT2D eigenvalue weighted by atomic mass is 19.4. The maximum absolute atomic E-state index is 12.5. The van der Waals surface area contributed by atoms with Crippen molar-refractivity contribution in [2.45, 2.75) is 25.9 Å². The maximum Gasteiger partial charge on any atom is 0.417 e. The van der Waals surface area contributed by atoms with E-state index >= 15 is 0 Å². The minimum Gasteiger partial charge on any atom is -0.369 e. The Morgan fingerprint density at radius 1 is 1.17 bits per heavy atom. The van der Waals surface area contributed by atoms with Crippen LogP contribution in [0.5, 0.6) is 0 Å². The van der Waals surface area contributed by atoms with Crippen LogP contribution in [0.2, 0.25) is 0 Å². The van der Waals surface area contributed by atoms with E-state index in [9.17, 15) is 13.2 Å². The first-order valence-electron chi connectivity index (χ1n) is 7.43. The predicted octanol–water partition coefficient (Wildman–Crippen LogP) is 2.76. The predicted molar refractivity (Wildman–Crippen MR) is 81.6 cm³/mol. The summed E-state index contributed by atoms with van der Waals surface area (Å²) in [7, 11) is 0. The summed E-state index contributed by atoms with van der Waals surface area (Å²) in [5.41, 5.74) is 0.714. The molecule has 0 amide bonds. The average Bonchev–Trinajstić information content (AvgIpc) is 3.03. The summed E-state index contributed by atoms with van der Waals surface area (Å²) in [5, 5.41) is 7.30. The van der Waals surface area contributed by atoms with Gasteiger partial charge in [0.2, 0.25) is 0 Å². The summed E-state index contributed by atoms with van der Waals surface area (Å²) in [4.78, 5) is 12.3. The molecule has 24 heavy (non-hydrogen) atoms. The fourth-order valence-electron chi connectivity index (χ4n) is 2.23. The van der Waals surface area contributed by atoms with Crippen molar-refractivity contribution < 1.29 is 13.2 Å². The van der Waals surface area contributed by atoms with Crippen LogP contribution < -0.4 is 5.32 Å². The van der Waals surface area contributed by atoms with Crippen LogP contribution in [0.25, 0.3) is 5.78 Å². The number of aromatic nitrogens is 5. The van der Waals surface area contributed by atoms with Crippen molar-refractivity contribution in [2.75, 3.05) is 11.9 Å². The molecule has 6 nitrogen and oxygen atoms in total. The molecule has 0 bridgehead atoms. The molecular formula is C15H15F3N6. The summed E-state index contributed by atoms with van der Waals surface area (Å²) in [6.45, 7) is 2.49. The van der Waals surface area contributed by atoms with Crippen molar-refractivity contribution in [2.24, 2.45) is 0 Å². The summed E-state index contributed by atoms with van der Waals surface area (Å²) in [6.07, 6.45) is -0.844. The van der Waals surface area contributed by atoms with Crippen LogP contribution in [0, 0.1) is 0 Å². The number of alkyl halides is 3. The van der Waals surface area contributed by atoms with Crippen molar-refractivity contribution in [1.29, 1.82) is 0 Å². The number of halogens is 3. The van der Waals surface area contributed by atoms with Gasteiger partial charge in [0.1, 0.15) is 12.1 Å². The molecule has 0 unspecified atom stereocenters. The smallest absolute Gasteiger partial charge is 0.369 e. The zero-order valence-electron chi connectivity index (χ0n) is 12.9. The zero-order chi connectivity index (χ0) is 17.2. The third-order valence-corrected chi connectivity index (χ3v) is 3.51. The van der Waals surface area contributed by atoms with Crippen molar-refractivity contribution in [3.8, 4) is 0 Å². The van der Waals surface area contributed by atoms with E-state index in [4.69, 9.17) is 0 Å². The van der Waals surface area contributed by atoms with Gasteiger partial charge in [0.25, 0.3) is 5.78 Å². The molecule has 9 heteroatoms. The number of pyridine rings is 1. The second kappa shape index (κ2) is 6.42. The Morgan fingerprint density at radius 2 is 2.00 bits per heavy atom. The lowest BCUT2D eigenvalue weighted by Gasteiger charge is -2.10. The molecule has 0 radical (unpaired) electrons. The van der Waals surface area contributed by atoms with Gasteiger partial charge in [-0.1, -0.05) is 6.92 Å². The molecule has 3 aromatic rings. The van der Waals surface area contributed by atoms with Crippen molar-refractivity contribution in [3.05, 3.63) is 47.7 Å². The quantitative estimate of drug-likeness (QED) is 0.776. The van der Waals surface area contributed by atoms with Crippen LogP contribution >= 0.6 is 0 Å². The van der Waals surface area contributed by atoms with Crippen LogP contribution in [0.3, 0.4) is 0 Å². The number of rotatable bonds is 5. The molecule has 0 aromatic carbocycles. The van der Waals surface area contributed by atoms with Crippen LogP contribution in [0.1, 0.15) is 23.9 Å². The maximum atomic E-state index is 12.5. The van der Waals surface area contributed by atoms with E-state index in [1.165, 1.54) is 12.4 Å². The molecule has 0 fully saturated rings. The van der Waals surface area contributed by atoms with Gasteiger partial charge in [0, 0.05) is 36.6 Å². The summed E-state index contributed by atoms with van der Waals surface area (Å²) >= 11 is 0. The van der Waals surface area contributed by atoms with Gasteiger partial charge in [-0.2, -0.15) is 27.8 Å². The number of fused-ring (bicyclic) bond motifs is 1. The Hall–Kier alpha value is -2.71. The molecule has 3 rings (SSSR count). The lowest BCUT2D eigenvalue weighted by Crippen LogP contribution is -2.12. The first-order valence-corrected chi connectivity index (χ1v) is 7.43. The number of hydrogen-bond acceptors (Lipinski definition) is 5. The first kappa shape index (κ1) is 16.2. The standard InChI is InChI=1S/C15H15F3N6/c1-2-11-7-13(24-14(23-11)21-9-22-24)19-6-5-12-4-3-10(8-20-12)15(16,17)18/h3-4,7-9,19H,2,5-6H2,1H3. The number of aryl methyl sites for hydroxylation is 1. The molecule has 0 saturated carbocycles. The Bertz CT molecular complexity index is 825. The molecule has 0 atom stereocenters. The largest absolute Gasteiger partial charge is 0.417 e. The van der Waals surface area contributed by atoms with E-state index < -0.39 is 11.7 Å². The van der Waals surface area contributed by atoms with Gasteiger partial charge in [-0.15, -0.1) is 0 Å². The highest BCUT2D eigenvalue weighted by Crippen LogP contribution is 2.28. The Balaban J connectivity index is 1.67. The number of hydrogen-bond donors (Lipinski definition) is 1. The highest BCUT2D eigenvalue weighted by molar-refractivity contribution is 5.45. The third kappa shape index (κ3) is 3.44. The number of anilines is 1. The van der Waals surface area contributed by atoms with Gasteiger partial charge in [-0.25, -0.2) is 4.98 Å². The second-order valence-corrected chi connectivity index (χ2v) is 5.17. The summed E-state index contributed by atoms with van der Waals surface area (Å²) in [5.74, 6) is 1.24. The van der Waals surface area contributed by atoms with Gasteiger partial charge in [-0.3, -0.25) is 4.98 Å². The number of nitrogens with zero attached hydrogens (tertiary/aromatic N) is 5. The second-order valence-electron chi connectivity index (χ2n) is 5.17. The summed E-state index contributed by atoms with van der Waals surface area (Å²) < 4.78 is 39.1. The van der Waals surface area contributed by atoms with Gasteiger partial charge in [-0.05, 0) is 18.6 Å². The molecule has 3 heterocycles. The zero-order valence-corrected chi connectivity index (χ0v) is 12.9. The lowest BCUT2D eigenvalue weighted by atomic mass is 10.2. The van der Waals surface area contributed by atoms with Gasteiger partial charge in [0.15, 0.2) is 0 Å². The Labute approximate surface area is 135 Å². The van der Waals surface area contributed by atoms with Crippen LogP contribution in [-0.2, 0) is 19.0 Å². The highest BCUT2D eigenvalue weighted by Gasteiger charge is 2.30.